The van der Waals surface area contributed by atoms with Crippen LogP contribution in [0.1, 0.15) is 25.2 Å². The summed E-state index contributed by atoms with van der Waals surface area (Å²) in [5.74, 6) is 2.41. The summed E-state index contributed by atoms with van der Waals surface area (Å²) in [6, 6.07) is 11.3. The van der Waals surface area contributed by atoms with E-state index in [-0.39, 0.29) is 0 Å². The average molecular weight is 281 g/mol. The summed E-state index contributed by atoms with van der Waals surface area (Å²) in [6.07, 6.45) is 0. The molecular weight excluding hydrogens is 262 g/mol. The van der Waals surface area contributed by atoms with Crippen LogP contribution in [0.4, 0.5) is 17.3 Å². The zero-order valence-electron chi connectivity index (χ0n) is 12.6. The fourth-order valence-electron chi connectivity index (χ4n) is 2.10. The normalized spacial score (nSPS) is 10.0. The van der Waals surface area contributed by atoms with E-state index in [1.165, 1.54) is 0 Å². The van der Waals surface area contributed by atoms with Gasteiger partial charge in [0.1, 0.15) is 17.5 Å². The van der Waals surface area contributed by atoms with E-state index in [2.05, 4.69) is 40.1 Å². The molecule has 5 nitrogen and oxygen atoms in total. The second-order valence-corrected chi connectivity index (χ2v) is 4.65. The molecule has 0 aliphatic carbocycles. The van der Waals surface area contributed by atoms with E-state index in [0.29, 0.717) is 5.56 Å². The Kier molecular flexibility index (Phi) is 4.72. The summed E-state index contributed by atoms with van der Waals surface area (Å²) in [7, 11) is 0. The minimum atomic E-state index is 0.642. The molecule has 108 valence electrons. The first-order chi connectivity index (χ1) is 10.2. The maximum atomic E-state index is 8.81. The predicted octanol–water partition coefficient (Wildman–Crippen LogP) is 3.25. The van der Waals surface area contributed by atoms with E-state index in [4.69, 9.17) is 5.26 Å². The number of rotatable bonds is 5. The smallest absolute Gasteiger partial charge is 0.136 e. The Hall–Kier alpha value is -2.61. The Morgan fingerprint density at radius 1 is 1.14 bits per heavy atom. The molecule has 0 unspecified atom stereocenters. The van der Waals surface area contributed by atoms with Gasteiger partial charge in [-0.1, -0.05) is 0 Å². The van der Waals surface area contributed by atoms with Gasteiger partial charge in [-0.25, -0.2) is 9.97 Å². The van der Waals surface area contributed by atoms with Crippen LogP contribution in [0.15, 0.2) is 30.3 Å². The third-order valence-electron chi connectivity index (χ3n) is 3.20. The van der Waals surface area contributed by atoms with Gasteiger partial charge in [0, 0.05) is 24.8 Å². The maximum absolute atomic E-state index is 8.81. The number of aromatic nitrogens is 2. The van der Waals surface area contributed by atoms with E-state index in [9.17, 15) is 0 Å². The summed E-state index contributed by atoms with van der Waals surface area (Å²) in [4.78, 5) is 11.1. The van der Waals surface area contributed by atoms with Crippen LogP contribution < -0.4 is 10.2 Å². The van der Waals surface area contributed by atoms with Gasteiger partial charge in [0.25, 0.3) is 0 Å². The predicted molar refractivity (Wildman–Crippen MR) is 84.8 cm³/mol. The van der Waals surface area contributed by atoms with Gasteiger partial charge < -0.3 is 10.2 Å². The Morgan fingerprint density at radius 2 is 1.81 bits per heavy atom. The van der Waals surface area contributed by atoms with Crippen LogP contribution in [0.25, 0.3) is 0 Å². The topological polar surface area (TPSA) is 64.8 Å². The first-order valence-corrected chi connectivity index (χ1v) is 7.04. The van der Waals surface area contributed by atoms with E-state index in [1.54, 1.807) is 12.1 Å². The number of nitrogens with zero attached hydrogens (tertiary/aromatic N) is 4. The van der Waals surface area contributed by atoms with Crippen molar-refractivity contribution in [2.24, 2.45) is 0 Å². The molecular formula is C16H19N5. The minimum absolute atomic E-state index is 0.642. The highest BCUT2D eigenvalue weighted by Crippen LogP contribution is 2.20. The van der Waals surface area contributed by atoms with Crippen molar-refractivity contribution in [2.75, 3.05) is 23.3 Å². The van der Waals surface area contributed by atoms with Crippen LogP contribution >= 0.6 is 0 Å². The van der Waals surface area contributed by atoms with Crippen LogP contribution in [0.5, 0.6) is 0 Å². The van der Waals surface area contributed by atoms with E-state index >= 15 is 0 Å². The van der Waals surface area contributed by atoms with Crippen molar-refractivity contribution in [3.8, 4) is 6.07 Å². The summed E-state index contributed by atoms with van der Waals surface area (Å²) in [6.45, 7) is 7.91. The number of hydrogen-bond acceptors (Lipinski definition) is 5. The zero-order valence-corrected chi connectivity index (χ0v) is 12.6. The monoisotopic (exact) mass is 281 g/mol. The number of benzene rings is 1. The van der Waals surface area contributed by atoms with Crippen molar-refractivity contribution in [3.05, 3.63) is 41.7 Å². The number of anilines is 3. The van der Waals surface area contributed by atoms with Gasteiger partial charge in [-0.3, -0.25) is 0 Å². The van der Waals surface area contributed by atoms with Crippen molar-refractivity contribution < 1.29 is 0 Å². The number of nitrogens with one attached hydrogen (secondary N) is 1. The lowest BCUT2D eigenvalue weighted by molar-refractivity contribution is 0.835. The highest BCUT2D eigenvalue weighted by molar-refractivity contribution is 5.60. The van der Waals surface area contributed by atoms with Crippen LogP contribution in [0.3, 0.4) is 0 Å². The Bertz CT molecular complexity index is 639. The molecule has 1 aromatic carbocycles. The SMILES string of the molecule is CCN(CC)c1cc(Nc2ccc(C#N)cc2)nc(C)n1. The molecule has 1 N–H and O–H groups in total. The molecule has 0 aliphatic heterocycles. The van der Waals surface area contributed by atoms with E-state index in [1.807, 2.05) is 25.1 Å². The number of aryl methyl sites for hydroxylation is 1. The van der Waals surface area contributed by atoms with Crippen molar-refractivity contribution in [1.29, 1.82) is 5.26 Å². The lowest BCUT2D eigenvalue weighted by Gasteiger charge is -2.20. The first kappa shape index (κ1) is 14.8. The summed E-state index contributed by atoms with van der Waals surface area (Å²) in [5, 5.41) is 12.1. The van der Waals surface area contributed by atoms with Crippen molar-refractivity contribution in [3.63, 3.8) is 0 Å². The number of hydrogen-bond donors (Lipinski definition) is 1. The van der Waals surface area contributed by atoms with Gasteiger partial charge in [-0.05, 0) is 45.0 Å². The molecule has 2 aromatic rings. The molecule has 1 aromatic heterocycles. The van der Waals surface area contributed by atoms with Crippen molar-refractivity contribution in [2.45, 2.75) is 20.8 Å². The van der Waals surface area contributed by atoms with Crippen LogP contribution in [-0.2, 0) is 0 Å². The van der Waals surface area contributed by atoms with Gasteiger partial charge >= 0.3 is 0 Å². The second kappa shape index (κ2) is 6.71. The highest BCUT2D eigenvalue weighted by Gasteiger charge is 2.07. The van der Waals surface area contributed by atoms with Crippen LogP contribution in [-0.4, -0.2) is 23.1 Å². The highest BCUT2D eigenvalue weighted by atomic mass is 15.2. The molecule has 5 heteroatoms. The lowest BCUT2D eigenvalue weighted by atomic mass is 10.2. The molecule has 0 fully saturated rings. The summed E-state index contributed by atoms with van der Waals surface area (Å²) >= 11 is 0. The molecule has 0 bridgehead atoms. The Balaban J connectivity index is 2.25. The average Bonchev–Trinajstić information content (AvgIpc) is 2.49. The van der Waals surface area contributed by atoms with Crippen LogP contribution in [0, 0.1) is 18.3 Å². The van der Waals surface area contributed by atoms with Gasteiger partial charge in [-0.2, -0.15) is 5.26 Å². The molecule has 0 atom stereocenters. The third-order valence-corrected chi connectivity index (χ3v) is 3.20. The summed E-state index contributed by atoms with van der Waals surface area (Å²) in [5.41, 5.74) is 1.54. The Morgan fingerprint density at radius 3 is 2.38 bits per heavy atom. The molecule has 21 heavy (non-hydrogen) atoms. The Labute approximate surface area is 125 Å². The lowest BCUT2D eigenvalue weighted by Crippen LogP contribution is -2.23. The second-order valence-electron chi connectivity index (χ2n) is 4.65. The molecule has 0 radical (unpaired) electrons. The van der Waals surface area contributed by atoms with Gasteiger partial charge in [0.2, 0.25) is 0 Å². The van der Waals surface area contributed by atoms with E-state index in [0.717, 1.165) is 36.2 Å². The molecule has 0 spiro atoms. The van der Waals surface area contributed by atoms with Crippen molar-refractivity contribution in [1.82, 2.24) is 9.97 Å². The largest absolute Gasteiger partial charge is 0.357 e. The molecule has 0 saturated carbocycles. The number of nitriles is 1. The fraction of sp³-hybridized carbons (Fsp3) is 0.312. The van der Waals surface area contributed by atoms with Crippen molar-refractivity contribution >= 4 is 17.3 Å². The molecule has 0 saturated heterocycles. The molecule has 1 heterocycles. The third kappa shape index (κ3) is 3.69. The molecule has 0 amide bonds. The maximum Gasteiger partial charge on any atom is 0.136 e. The standard InChI is InChI=1S/C16H19N5/c1-4-21(5-2)16-10-15(18-12(3)19-16)20-14-8-6-13(11-17)7-9-14/h6-10H,4-5H2,1-3H3,(H,18,19,20). The first-order valence-electron chi connectivity index (χ1n) is 7.04. The quantitative estimate of drug-likeness (QED) is 0.911. The van der Waals surface area contributed by atoms with Gasteiger partial charge in [-0.15, -0.1) is 0 Å². The van der Waals surface area contributed by atoms with E-state index < -0.39 is 0 Å². The van der Waals surface area contributed by atoms with Crippen LogP contribution in [0.2, 0.25) is 0 Å². The fourth-order valence-corrected chi connectivity index (χ4v) is 2.10. The summed E-state index contributed by atoms with van der Waals surface area (Å²) < 4.78 is 0. The molecule has 2 rings (SSSR count). The minimum Gasteiger partial charge on any atom is -0.357 e. The van der Waals surface area contributed by atoms with Gasteiger partial charge in [0.05, 0.1) is 11.6 Å². The van der Waals surface area contributed by atoms with Gasteiger partial charge in [0.15, 0.2) is 0 Å². The molecule has 0 aliphatic rings. The zero-order chi connectivity index (χ0) is 15.2.